The van der Waals surface area contributed by atoms with E-state index in [2.05, 4.69) is 15.3 Å². The highest BCUT2D eigenvalue weighted by molar-refractivity contribution is 7.13. The van der Waals surface area contributed by atoms with Gasteiger partial charge in [-0.3, -0.25) is 9.59 Å². The number of nitrogens with zero attached hydrogens (tertiary/aromatic N) is 1. The average Bonchev–Trinajstić information content (AvgIpc) is 3.18. The van der Waals surface area contributed by atoms with Gasteiger partial charge < -0.3 is 20.1 Å². The molecule has 1 atom stereocenters. The first-order valence-electron chi connectivity index (χ1n) is 7.81. The van der Waals surface area contributed by atoms with Gasteiger partial charge >= 0.3 is 0 Å². The number of nitrogens with one attached hydrogen (secondary N) is 2. The molecule has 3 aromatic rings. The largest absolute Gasteiger partial charge is 0.501 e. The topological polar surface area (TPSA) is 104 Å². The fourth-order valence-electron chi connectivity index (χ4n) is 2.41. The van der Waals surface area contributed by atoms with E-state index >= 15 is 0 Å². The van der Waals surface area contributed by atoms with Gasteiger partial charge in [0.2, 0.25) is 5.75 Å². The molecule has 3 N–H and O–H groups in total. The number of hydrogen-bond donors (Lipinski definition) is 3. The number of amides is 1. The zero-order chi connectivity index (χ0) is 18.7. The number of hydrogen-bond acceptors (Lipinski definition) is 6. The normalized spacial score (nSPS) is 11.3. The van der Waals surface area contributed by atoms with Crippen molar-refractivity contribution in [2.75, 3.05) is 7.11 Å². The first-order chi connectivity index (χ1) is 12.5. The van der Waals surface area contributed by atoms with Crippen molar-refractivity contribution in [3.05, 3.63) is 63.4 Å². The Kier molecular flexibility index (Phi) is 6.36. The van der Waals surface area contributed by atoms with Crippen molar-refractivity contribution in [2.24, 2.45) is 0 Å². The summed E-state index contributed by atoms with van der Waals surface area (Å²) in [6.45, 7) is 1.79. The SMILES string of the molecule is C.COc1cccc([C@@H](C)NC(=O)c2nc(-c3cccs3)[nH]c(=O)c2O)c1. The summed E-state index contributed by atoms with van der Waals surface area (Å²) in [5, 5.41) is 14.5. The molecule has 2 aromatic heterocycles. The highest BCUT2D eigenvalue weighted by Gasteiger charge is 2.21. The molecule has 0 saturated carbocycles. The second-order valence-corrected chi connectivity index (χ2v) is 6.51. The van der Waals surface area contributed by atoms with E-state index < -0.39 is 17.2 Å². The molecule has 8 heteroatoms. The van der Waals surface area contributed by atoms with E-state index in [-0.39, 0.29) is 25.0 Å². The van der Waals surface area contributed by atoms with Crippen molar-refractivity contribution in [1.82, 2.24) is 15.3 Å². The molecule has 0 aliphatic rings. The maximum absolute atomic E-state index is 12.6. The Hall–Kier alpha value is -3.13. The van der Waals surface area contributed by atoms with E-state index in [0.717, 1.165) is 5.56 Å². The van der Waals surface area contributed by atoms with Gasteiger partial charge in [0.25, 0.3) is 11.5 Å². The molecule has 3 rings (SSSR count). The van der Waals surface area contributed by atoms with Crippen LogP contribution in [0.3, 0.4) is 0 Å². The van der Waals surface area contributed by atoms with Crippen LogP contribution in [0.5, 0.6) is 11.5 Å². The molecule has 1 amide bonds. The lowest BCUT2D eigenvalue weighted by atomic mass is 10.1. The van der Waals surface area contributed by atoms with Gasteiger partial charge in [-0.2, -0.15) is 0 Å². The third-order valence-electron chi connectivity index (χ3n) is 3.81. The number of ether oxygens (including phenoxy) is 1. The first kappa shape index (κ1) is 20.2. The Morgan fingerprint density at radius 1 is 1.33 bits per heavy atom. The summed E-state index contributed by atoms with van der Waals surface area (Å²) in [5.74, 6) is -0.440. The number of H-pyrrole nitrogens is 1. The molecular formula is C19H21N3O4S. The number of aromatic nitrogens is 2. The summed E-state index contributed by atoms with van der Waals surface area (Å²) in [5.41, 5.74) is -0.255. The van der Waals surface area contributed by atoms with Gasteiger partial charge in [0.15, 0.2) is 11.5 Å². The van der Waals surface area contributed by atoms with E-state index in [4.69, 9.17) is 4.74 Å². The lowest BCUT2D eigenvalue weighted by molar-refractivity contribution is 0.0931. The molecule has 2 heterocycles. The first-order valence-corrected chi connectivity index (χ1v) is 8.69. The zero-order valence-corrected chi connectivity index (χ0v) is 15.0. The number of aromatic hydroxyl groups is 1. The van der Waals surface area contributed by atoms with Crippen LogP contribution in [0.25, 0.3) is 10.7 Å². The van der Waals surface area contributed by atoms with Crippen molar-refractivity contribution in [3.8, 4) is 22.2 Å². The van der Waals surface area contributed by atoms with Crippen LogP contribution < -0.4 is 15.6 Å². The monoisotopic (exact) mass is 387 g/mol. The number of thiophene rings is 1. The predicted molar refractivity (Wildman–Crippen MR) is 105 cm³/mol. The highest BCUT2D eigenvalue weighted by atomic mass is 32.1. The van der Waals surface area contributed by atoms with Gasteiger partial charge in [-0.25, -0.2) is 4.98 Å². The van der Waals surface area contributed by atoms with Crippen LogP contribution >= 0.6 is 11.3 Å². The molecule has 0 aliphatic heterocycles. The number of benzene rings is 1. The number of carbonyl (C=O) groups excluding carboxylic acids is 1. The van der Waals surface area contributed by atoms with Gasteiger partial charge in [0.1, 0.15) is 5.75 Å². The third-order valence-corrected chi connectivity index (χ3v) is 4.68. The van der Waals surface area contributed by atoms with Crippen molar-refractivity contribution >= 4 is 17.2 Å². The van der Waals surface area contributed by atoms with Crippen LogP contribution in [-0.2, 0) is 0 Å². The van der Waals surface area contributed by atoms with Crippen molar-refractivity contribution in [2.45, 2.75) is 20.4 Å². The molecule has 142 valence electrons. The molecule has 0 bridgehead atoms. The van der Waals surface area contributed by atoms with E-state index in [1.54, 1.807) is 38.3 Å². The fraction of sp³-hybridized carbons (Fsp3) is 0.211. The summed E-state index contributed by atoms with van der Waals surface area (Å²) in [7, 11) is 1.56. The summed E-state index contributed by atoms with van der Waals surface area (Å²) < 4.78 is 5.18. The maximum Gasteiger partial charge on any atom is 0.294 e. The molecular weight excluding hydrogens is 366 g/mol. The van der Waals surface area contributed by atoms with Gasteiger partial charge in [-0.1, -0.05) is 25.6 Å². The molecule has 0 unspecified atom stereocenters. The molecule has 1 aromatic carbocycles. The number of carbonyl (C=O) groups is 1. The molecule has 0 fully saturated rings. The van der Waals surface area contributed by atoms with Crippen LogP contribution in [0.15, 0.2) is 46.6 Å². The van der Waals surface area contributed by atoms with Gasteiger partial charge in [0, 0.05) is 0 Å². The Labute approximate surface area is 160 Å². The van der Waals surface area contributed by atoms with E-state index in [9.17, 15) is 14.7 Å². The van der Waals surface area contributed by atoms with Crippen LogP contribution in [0.1, 0.15) is 36.4 Å². The lowest BCUT2D eigenvalue weighted by Gasteiger charge is -2.15. The average molecular weight is 387 g/mol. The van der Waals surface area contributed by atoms with Crippen LogP contribution in [0, 0.1) is 0 Å². The molecule has 0 spiro atoms. The van der Waals surface area contributed by atoms with E-state index in [1.165, 1.54) is 11.3 Å². The van der Waals surface area contributed by atoms with E-state index in [1.807, 2.05) is 17.5 Å². The third kappa shape index (κ3) is 4.35. The van der Waals surface area contributed by atoms with E-state index in [0.29, 0.717) is 10.6 Å². The molecule has 7 nitrogen and oxygen atoms in total. The Morgan fingerprint density at radius 2 is 2.11 bits per heavy atom. The molecule has 27 heavy (non-hydrogen) atoms. The minimum atomic E-state index is -0.761. The van der Waals surface area contributed by atoms with Crippen molar-refractivity contribution in [3.63, 3.8) is 0 Å². The van der Waals surface area contributed by atoms with Gasteiger partial charge in [0.05, 0.1) is 18.0 Å². The van der Waals surface area contributed by atoms with Crippen molar-refractivity contribution in [1.29, 1.82) is 0 Å². The summed E-state index contributed by atoms with van der Waals surface area (Å²) >= 11 is 1.37. The van der Waals surface area contributed by atoms with Gasteiger partial charge in [-0.05, 0) is 36.1 Å². The predicted octanol–water partition coefficient (Wildman–Crippen LogP) is 3.34. The quantitative estimate of drug-likeness (QED) is 0.623. The molecule has 0 aliphatic carbocycles. The fourth-order valence-corrected chi connectivity index (χ4v) is 3.08. The summed E-state index contributed by atoms with van der Waals surface area (Å²) in [4.78, 5) is 31.8. The van der Waals surface area contributed by atoms with Crippen LogP contribution in [0.2, 0.25) is 0 Å². The summed E-state index contributed by atoms with van der Waals surface area (Å²) in [6, 6.07) is 10.5. The van der Waals surface area contributed by atoms with Crippen LogP contribution in [0.4, 0.5) is 0 Å². The standard InChI is InChI=1S/C18H17N3O4S.CH4/c1-10(11-5-3-6-12(9-11)25-2)19-17(23)14-15(22)18(24)21-16(20-14)13-7-4-8-26-13;/h3-10,22H,1-2H3,(H,19,23)(H,20,21,24);1H4/t10-;/m1./s1. The van der Waals surface area contributed by atoms with Crippen LogP contribution in [-0.4, -0.2) is 28.1 Å². The Bertz CT molecular complexity index is 983. The number of methoxy groups -OCH3 is 1. The summed E-state index contributed by atoms with van der Waals surface area (Å²) in [6.07, 6.45) is 0. The molecule has 0 saturated heterocycles. The Balaban J connectivity index is 0.00000261. The second-order valence-electron chi connectivity index (χ2n) is 5.56. The zero-order valence-electron chi connectivity index (χ0n) is 14.1. The lowest BCUT2D eigenvalue weighted by Crippen LogP contribution is -2.29. The molecule has 0 radical (unpaired) electrons. The minimum absolute atomic E-state index is 0. The number of rotatable bonds is 5. The number of aromatic amines is 1. The minimum Gasteiger partial charge on any atom is -0.501 e. The van der Waals surface area contributed by atoms with Crippen molar-refractivity contribution < 1.29 is 14.6 Å². The smallest absolute Gasteiger partial charge is 0.294 e. The highest BCUT2D eigenvalue weighted by Crippen LogP contribution is 2.23. The second kappa shape index (κ2) is 8.50. The Morgan fingerprint density at radius 3 is 2.78 bits per heavy atom. The van der Waals surface area contributed by atoms with Gasteiger partial charge in [-0.15, -0.1) is 11.3 Å². The maximum atomic E-state index is 12.6.